The van der Waals surface area contributed by atoms with Crippen LogP contribution in [-0.2, 0) is 9.59 Å². The molecule has 1 aliphatic rings. The van der Waals surface area contributed by atoms with E-state index in [-0.39, 0.29) is 30.8 Å². The number of benzene rings is 2. The van der Waals surface area contributed by atoms with Gasteiger partial charge in [-0.05, 0) is 43.5 Å². The summed E-state index contributed by atoms with van der Waals surface area (Å²) in [7, 11) is 0. The first-order chi connectivity index (χ1) is 15.5. The van der Waals surface area contributed by atoms with Crippen molar-refractivity contribution in [2.24, 2.45) is 5.10 Å². The SMILES string of the molecule is CCCCOc1ccc(C(C)NC(=O)CCN2N=C(c3ccc(C)cc3)CCC2=O)cc1. The highest BCUT2D eigenvalue weighted by atomic mass is 16.5. The first kappa shape index (κ1) is 23.5. The van der Waals surface area contributed by atoms with Crippen LogP contribution in [0.15, 0.2) is 53.6 Å². The van der Waals surface area contributed by atoms with Crippen LogP contribution in [0.3, 0.4) is 0 Å². The van der Waals surface area contributed by atoms with Gasteiger partial charge < -0.3 is 10.1 Å². The highest BCUT2D eigenvalue weighted by molar-refractivity contribution is 6.04. The van der Waals surface area contributed by atoms with Gasteiger partial charge in [0, 0.05) is 19.3 Å². The van der Waals surface area contributed by atoms with Gasteiger partial charge in [0.2, 0.25) is 11.8 Å². The lowest BCUT2D eigenvalue weighted by Crippen LogP contribution is -2.36. The summed E-state index contributed by atoms with van der Waals surface area (Å²) in [5.41, 5.74) is 4.10. The van der Waals surface area contributed by atoms with E-state index in [1.165, 1.54) is 10.6 Å². The van der Waals surface area contributed by atoms with Gasteiger partial charge in [-0.25, -0.2) is 5.01 Å². The van der Waals surface area contributed by atoms with Crippen molar-refractivity contribution in [3.8, 4) is 5.75 Å². The molecule has 6 nitrogen and oxygen atoms in total. The number of rotatable bonds is 10. The van der Waals surface area contributed by atoms with Crippen LogP contribution in [0.4, 0.5) is 0 Å². The molecule has 0 saturated heterocycles. The molecule has 0 fully saturated rings. The molecule has 1 unspecified atom stereocenters. The van der Waals surface area contributed by atoms with E-state index in [1.807, 2.05) is 62.4 Å². The maximum Gasteiger partial charge on any atom is 0.243 e. The Balaban J connectivity index is 1.51. The molecule has 2 aromatic rings. The van der Waals surface area contributed by atoms with Gasteiger partial charge in [0.05, 0.1) is 24.9 Å². The predicted molar refractivity (Wildman–Crippen MR) is 127 cm³/mol. The average Bonchev–Trinajstić information content (AvgIpc) is 2.80. The number of ether oxygens (including phenoxy) is 1. The van der Waals surface area contributed by atoms with Crippen LogP contribution in [0.25, 0.3) is 0 Å². The monoisotopic (exact) mass is 435 g/mol. The number of carbonyl (C=O) groups excluding carboxylic acids is 2. The van der Waals surface area contributed by atoms with Gasteiger partial charge >= 0.3 is 0 Å². The lowest BCUT2D eigenvalue weighted by Gasteiger charge is -2.24. The summed E-state index contributed by atoms with van der Waals surface area (Å²) in [5, 5.41) is 8.96. The summed E-state index contributed by atoms with van der Waals surface area (Å²) in [6.07, 6.45) is 3.38. The minimum atomic E-state index is -0.129. The van der Waals surface area contributed by atoms with Crippen molar-refractivity contribution in [3.63, 3.8) is 0 Å². The second-order valence-electron chi connectivity index (χ2n) is 8.24. The molecule has 1 aliphatic heterocycles. The van der Waals surface area contributed by atoms with Gasteiger partial charge in [-0.1, -0.05) is 55.3 Å². The standard InChI is InChI=1S/C26H33N3O3/c1-4-5-18-32-23-12-10-21(11-13-23)20(3)27-25(30)16-17-29-26(31)15-14-24(28-29)22-8-6-19(2)7-9-22/h6-13,20H,4-5,14-18H2,1-3H3,(H,27,30). The van der Waals surface area contributed by atoms with Crippen LogP contribution in [-0.4, -0.2) is 35.7 Å². The second kappa shape index (κ2) is 11.5. The summed E-state index contributed by atoms with van der Waals surface area (Å²) in [6, 6.07) is 15.8. The van der Waals surface area contributed by atoms with E-state index < -0.39 is 0 Å². The topological polar surface area (TPSA) is 71.0 Å². The summed E-state index contributed by atoms with van der Waals surface area (Å²) >= 11 is 0. The smallest absolute Gasteiger partial charge is 0.243 e. The number of unbranched alkanes of at least 4 members (excludes halogenated alkanes) is 1. The van der Waals surface area contributed by atoms with Crippen molar-refractivity contribution in [2.75, 3.05) is 13.2 Å². The number of aryl methyl sites for hydroxylation is 1. The van der Waals surface area contributed by atoms with Gasteiger partial charge in [0.25, 0.3) is 0 Å². The molecule has 0 aliphatic carbocycles. The molecular formula is C26H33N3O3. The molecule has 0 bridgehead atoms. The summed E-state index contributed by atoms with van der Waals surface area (Å²) in [5.74, 6) is 0.693. The highest BCUT2D eigenvalue weighted by Gasteiger charge is 2.22. The van der Waals surface area contributed by atoms with Crippen molar-refractivity contribution in [2.45, 2.75) is 58.9 Å². The van der Waals surface area contributed by atoms with E-state index in [0.29, 0.717) is 19.4 Å². The third kappa shape index (κ3) is 6.67. The zero-order valence-electron chi connectivity index (χ0n) is 19.3. The van der Waals surface area contributed by atoms with Crippen LogP contribution in [0.1, 0.15) is 68.7 Å². The fourth-order valence-electron chi connectivity index (χ4n) is 3.52. The Morgan fingerprint density at radius 2 is 1.84 bits per heavy atom. The van der Waals surface area contributed by atoms with Crippen LogP contribution in [0, 0.1) is 6.92 Å². The van der Waals surface area contributed by atoms with E-state index in [0.717, 1.165) is 35.4 Å². The maximum absolute atomic E-state index is 12.5. The van der Waals surface area contributed by atoms with Crippen molar-refractivity contribution in [1.29, 1.82) is 0 Å². The Labute approximate surface area is 190 Å². The summed E-state index contributed by atoms with van der Waals surface area (Å²) in [4.78, 5) is 24.8. The molecule has 32 heavy (non-hydrogen) atoms. The van der Waals surface area contributed by atoms with Gasteiger partial charge in [-0.15, -0.1) is 0 Å². The third-order valence-electron chi connectivity index (χ3n) is 5.56. The van der Waals surface area contributed by atoms with Crippen molar-refractivity contribution >= 4 is 17.5 Å². The Bertz CT molecular complexity index is 936. The number of nitrogens with one attached hydrogen (secondary N) is 1. The van der Waals surface area contributed by atoms with Gasteiger partial charge in [-0.3, -0.25) is 9.59 Å². The van der Waals surface area contributed by atoms with Crippen LogP contribution in [0.2, 0.25) is 0 Å². The number of amides is 2. The number of hydrazone groups is 1. The number of nitrogens with zero attached hydrogens (tertiary/aromatic N) is 2. The van der Waals surface area contributed by atoms with Crippen LogP contribution >= 0.6 is 0 Å². The van der Waals surface area contributed by atoms with E-state index in [2.05, 4.69) is 17.3 Å². The molecule has 6 heteroatoms. The molecular weight excluding hydrogens is 402 g/mol. The van der Waals surface area contributed by atoms with Gasteiger partial charge in [-0.2, -0.15) is 5.10 Å². The average molecular weight is 436 g/mol. The molecule has 3 rings (SSSR count). The fourth-order valence-corrected chi connectivity index (χ4v) is 3.52. The summed E-state index contributed by atoms with van der Waals surface area (Å²) in [6.45, 7) is 7.11. The molecule has 0 radical (unpaired) electrons. The largest absolute Gasteiger partial charge is 0.494 e. The molecule has 2 amide bonds. The Hall–Kier alpha value is -3.15. The first-order valence-corrected chi connectivity index (χ1v) is 11.4. The van der Waals surface area contributed by atoms with Crippen LogP contribution < -0.4 is 10.1 Å². The minimum absolute atomic E-state index is 0.0413. The molecule has 1 heterocycles. The van der Waals surface area contributed by atoms with Gasteiger partial charge in [0.1, 0.15) is 5.75 Å². The molecule has 2 aromatic carbocycles. The zero-order valence-corrected chi connectivity index (χ0v) is 19.3. The molecule has 0 saturated carbocycles. The normalized spacial score (nSPS) is 14.7. The quantitative estimate of drug-likeness (QED) is 0.547. The van der Waals surface area contributed by atoms with Crippen molar-refractivity contribution < 1.29 is 14.3 Å². The molecule has 1 atom stereocenters. The third-order valence-corrected chi connectivity index (χ3v) is 5.56. The molecule has 0 aromatic heterocycles. The lowest BCUT2D eigenvalue weighted by molar-refractivity contribution is -0.132. The number of carbonyl (C=O) groups is 2. The van der Waals surface area contributed by atoms with Crippen molar-refractivity contribution in [3.05, 3.63) is 65.2 Å². The second-order valence-corrected chi connectivity index (χ2v) is 8.24. The summed E-state index contributed by atoms with van der Waals surface area (Å²) < 4.78 is 5.69. The Morgan fingerprint density at radius 1 is 1.12 bits per heavy atom. The lowest BCUT2D eigenvalue weighted by atomic mass is 10.0. The van der Waals surface area contributed by atoms with E-state index in [4.69, 9.17) is 4.74 Å². The highest BCUT2D eigenvalue weighted by Crippen LogP contribution is 2.19. The fraction of sp³-hybridized carbons (Fsp3) is 0.423. The maximum atomic E-state index is 12.5. The molecule has 170 valence electrons. The van der Waals surface area contributed by atoms with E-state index >= 15 is 0 Å². The van der Waals surface area contributed by atoms with E-state index in [1.54, 1.807) is 0 Å². The first-order valence-electron chi connectivity index (χ1n) is 11.4. The predicted octanol–water partition coefficient (Wildman–Crippen LogP) is 4.77. The molecule has 0 spiro atoms. The zero-order chi connectivity index (χ0) is 22.9. The van der Waals surface area contributed by atoms with Crippen molar-refractivity contribution in [1.82, 2.24) is 10.3 Å². The number of hydrogen-bond acceptors (Lipinski definition) is 4. The Kier molecular flexibility index (Phi) is 8.42. The van der Waals surface area contributed by atoms with Crippen LogP contribution in [0.5, 0.6) is 5.75 Å². The Morgan fingerprint density at radius 3 is 2.53 bits per heavy atom. The van der Waals surface area contributed by atoms with Gasteiger partial charge in [0.15, 0.2) is 0 Å². The molecule has 1 N–H and O–H groups in total. The minimum Gasteiger partial charge on any atom is -0.494 e. The number of hydrogen-bond donors (Lipinski definition) is 1. The van der Waals surface area contributed by atoms with E-state index in [9.17, 15) is 9.59 Å².